The zero-order valence-electron chi connectivity index (χ0n) is 15.3. The molecular formula is C21H20N3OS+. The van der Waals surface area contributed by atoms with E-state index in [-0.39, 0.29) is 0 Å². The third-order valence-corrected chi connectivity index (χ3v) is 6.13. The molecule has 0 saturated carbocycles. The second-order valence-electron chi connectivity index (χ2n) is 7.38. The van der Waals surface area contributed by atoms with E-state index in [1.54, 1.807) is 11.3 Å². The van der Waals surface area contributed by atoms with Crippen molar-refractivity contribution in [3.05, 3.63) is 41.2 Å². The number of thiophene rings is 1. The first-order valence-electron chi connectivity index (χ1n) is 8.91. The summed E-state index contributed by atoms with van der Waals surface area (Å²) >= 11 is 1.76. The molecule has 1 aromatic carbocycles. The van der Waals surface area contributed by atoms with Gasteiger partial charge in [-0.2, -0.15) is 0 Å². The Hall–Kier alpha value is -2.53. The first-order chi connectivity index (χ1) is 12.5. The molecule has 1 aliphatic rings. The van der Waals surface area contributed by atoms with Crippen molar-refractivity contribution in [1.82, 2.24) is 9.97 Å². The lowest BCUT2D eigenvalue weighted by molar-refractivity contribution is -0.662. The van der Waals surface area contributed by atoms with E-state index < -0.39 is 0 Å². The summed E-state index contributed by atoms with van der Waals surface area (Å²) in [5, 5.41) is 2.32. The first kappa shape index (κ1) is 15.7. The van der Waals surface area contributed by atoms with Crippen LogP contribution in [0.5, 0.6) is 11.5 Å². The molecule has 5 rings (SSSR count). The third kappa shape index (κ3) is 2.10. The Labute approximate surface area is 156 Å². The van der Waals surface area contributed by atoms with Gasteiger partial charge in [-0.15, -0.1) is 0 Å². The topological polar surface area (TPSA) is 38.9 Å². The average Bonchev–Trinajstić information content (AvgIpc) is 2.95. The molecule has 0 spiro atoms. The standard InChI is InChI=1S/C21H20N3OS/c1-11(2)8-16-20-18-19(24(4)10-23-21(18)26-16)17-12(3)13-6-5-7-22-14(13)9-15(17)25-20/h5-7,9-11H,8H2,1-4H3/q+1. The van der Waals surface area contributed by atoms with E-state index in [1.807, 2.05) is 18.6 Å². The highest BCUT2D eigenvalue weighted by atomic mass is 32.1. The van der Waals surface area contributed by atoms with Crippen molar-refractivity contribution in [2.45, 2.75) is 27.2 Å². The van der Waals surface area contributed by atoms with Gasteiger partial charge in [0.1, 0.15) is 11.1 Å². The Kier molecular flexibility index (Phi) is 3.31. The number of rotatable bonds is 2. The smallest absolute Gasteiger partial charge is 0.288 e. The predicted molar refractivity (Wildman–Crippen MR) is 105 cm³/mol. The van der Waals surface area contributed by atoms with Gasteiger partial charge in [0, 0.05) is 17.6 Å². The highest BCUT2D eigenvalue weighted by Crippen LogP contribution is 2.51. The third-order valence-electron chi connectivity index (χ3n) is 5.03. The van der Waals surface area contributed by atoms with Crippen molar-refractivity contribution >= 4 is 32.5 Å². The second-order valence-corrected chi connectivity index (χ2v) is 8.47. The normalized spacial score (nSPS) is 12.7. The number of ether oxygens (including phenoxy) is 1. The van der Waals surface area contributed by atoms with Gasteiger partial charge in [0.25, 0.3) is 6.33 Å². The summed E-state index contributed by atoms with van der Waals surface area (Å²) in [6.45, 7) is 6.64. The lowest BCUT2D eigenvalue weighted by Gasteiger charge is -2.21. The lowest BCUT2D eigenvalue weighted by atomic mass is 9.95. The number of fused-ring (bicyclic) bond motifs is 3. The fraction of sp³-hybridized carbons (Fsp3) is 0.286. The molecule has 0 bridgehead atoms. The summed E-state index contributed by atoms with van der Waals surface area (Å²) < 4.78 is 8.60. The van der Waals surface area contributed by atoms with Crippen LogP contribution < -0.4 is 9.30 Å². The van der Waals surface area contributed by atoms with Crippen LogP contribution in [0.4, 0.5) is 0 Å². The minimum Gasteiger partial charge on any atom is -0.454 e. The number of nitrogens with zero attached hydrogens (tertiary/aromatic N) is 3. The highest BCUT2D eigenvalue weighted by molar-refractivity contribution is 7.19. The highest BCUT2D eigenvalue weighted by Gasteiger charge is 2.33. The van der Waals surface area contributed by atoms with Gasteiger partial charge >= 0.3 is 0 Å². The van der Waals surface area contributed by atoms with Gasteiger partial charge in [-0.05, 0) is 35.9 Å². The van der Waals surface area contributed by atoms with Crippen LogP contribution in [0.25, 0.3) is 32.4 Å². The summed E-state index contributed by atoms with van der Waals surface area (Å²) in [4.78, 5) is 11.5. The van der Waals surface area contributed by atoms with Crippen LogP contribution in [0.15, 0.2) is 30.7 Å². The molecule has 0 fully saturated rings. The zero-order valence-corrected chi connectivity index (χ0v) is 16.1. The Balaban J connectivity index is 1.91. The quantitative estimate of drug-likeness (QED) is 0.417. The van der Waals surface area contributed by atoms with Gasteiger partial charge in [-0.3, -0.25) is 4.98 Å². The van der Waals surface area contributed by atoms with Crippen LogP contribution in [0, 0.1) is 12.8 Å². The summed E-state index contributed by atoms with van der Waals surface area (Å²) in [5.41, 5.74) is 4.53. The van der Waals surface area contributed by atoms with Crippen molar-refractivity contribution in [3.8, 4) is 22.8 Å². The van der Waals surface area contributed by atoms with E-state index in [2.05, 4.69) is 54.5 Å². The summed E-state index contributed by atoms with van der Waals surface area (Å²) in [5.74, 6) is 2.45. The fourth-order valence-electron chi connectivity index (χ4n) is 3.89. The maximum Gasteiger partial charge on any atom is 0.288 e. The molecular weight excluding hydrogens is 342 g/mol. The summed E-state index contributed by atoms with van der Waals surface area (Å²) in [7, 11) is 2.06. The summed E-state index contributed by atoms with van der Waals surface area (Å²) in [6, 6.07) is 6.19. The van der Waals surface area contributed by atoms with E-state index >= 15 is 0 Å². The number of hydrogen-bond acceptors (Lipinski definition) is 4. The van der Waals surface area contributed by atoms with Crippen molar-refractivity contribution in [1.29, 1.82) is 0 Å². The molecule has 4 aromatic rings. The van der Waals surface area contributed by atoms with E-state index in [0.717, 1.165) is 39.2 Å². The molecule has 0 N–H and O–H groups in total. The van der Waals surface area contributed by atoms with Gasteiger partial charge in [-0.25, -0.2) is 4.57 Å². The Bertz CT molecular complexity index is 1190. The molecule has 0 atom stereocenters. The minimum absolute atomic E-state index is 0.571. The van der Waals surface area contributed by atoms with E-state index in [0.29, 0.717) is 5.92 Å². The number of pyridine rings is 1. The Morgan fingerprint density at radius 1 is 1.27 bits per heavy atom. The zero-order chi connectivity index (χ0) is 18.0. The largest absolute Gasteiger partial charge is 0.454 e. The number of hydrogen-bond donors (Lipinski definition) is 0. The van der Waals surface area contributed by atoms with Gasteiger partial charge in [0.15, 0.2) is 11.4 Å². The van der Waals surface area contributed by atoms with Crippen LogP contribution in [0.1, 0.15) is 24.3 Å². The maximum absolute atomic E-state index is 6.48. The second kappa shape index (κ2) is 5.48. The molecule has 0 unspecified atom stereocenters. The van der Waals surface area contributed by atoms with E-state index in [4.69, 9.17) is 4.74 Å². The van der Waals surface area contributed by atoms with Gasteiger partial charge in [0.05, 0.1) is 23.0 Å². The number of benzene rings is 1. The maximum atomic E-state index is 6.48. The van der Waals surface area contributed by atoms with Crippen molar-refractivity contribution in [2.24, 2.45) is 13.0 Å². The monoisotopic (exact) mass is 362 g/mol. The van der Waals surface area contributed by atoms with Gasteiger partial charge in [-0.1, -0.05) is 31.3 Å². The van der Waals surface area contributed by atoms with Crippen LogP contribution >= 0.6 is 11.3 Å². The Morgan fingerprint density at radius 3 is 2.92 bits per heavy atom. The Morgan fingerprint density at radius 2 is 2.12 bits per heavy atom. The average molecular weight is 362 g/mol. The molecule has 26 heavy (non-hydrogen) atoms. The SMILES string of the molecule is Cc1c2c(cc3ncccc13)Oc1c(CC(C)C)sc3nc[n+](C)c-2c13. The van der Waals surface area contributed by atoms with Crippen molar-refractivity contribution in [3.63, 3.8) is 0 Å². The van der Waals surface area contributed by atoms with E-state index in [9.17, 15) is 0 Å². The molecule has 4 nitrogen and oxygen atoms in total. The molecule has 0 radical (unpaired) electrons. The van der Waals surface area contributed by atoms with E-state index in [1.165, 1.54) is 21.5 Å². The van der Waals surface area contributed by atoms with Gasteiger partial charge in [0.2, 0.25) is 4.83 Å². The predicted octanol–water partition coefficient (Wildman–Crippen LogP) is 4.95. The number of aromatic nitrogens is 3. The van der Waals surface area contributed by atoms with Crippen LogP contribution in [0.3, 0.4) is 0 Å². The van der Waals surface area contributed by atoms with Crippen LogP contribution in [-0.4, -0.2) is 9.97 Å². The molecule has 5 heteroatoms. The first-order valence-corrected chi connectivity index (χ1v) is 9.72. The molecule has 3 aromatic heterocycles. The summed E-state index contributed by atoms with van der Waals surface area (Å²) in [6.07, 6.45) is 4.75. The minimum atomic E-state index is 0.571. The fourth-order valence-corrected chi connectivity index (χ4v) is 5.17. The number of aryl methyl sites for hydroxylation is 2. The van der Waals surface area contributed by atoms with Gasteiger partial charge < -0.3 is 4.74 Å². The molecule has 0 amide bonds. The molecule has 130 valence electrons. The molecule has 0 aliphatic carbocycles. The molecule has 1 aliphatic heterocycles. The van der Waals surface area contributed by atoms with Crippen molar-refractivity contribution < 1.29 is 9.30 Å². The molecule has 0 saturated heterocycles. The van der Waals surface area contributed by atoms with Crippen LogP contribution in [0.2, 0.25) is 0 Å². The van der Waals surface area contributed by atoms with Crippen molar-refractivity contribution in [2.75, 3.05) is 0 Å². The lowest BCUT2D eigenvalue weighted by Crippen LogP contribution is -2.32. The van der Waals surface area contributed by atoms with Crippen LogP contribution in [-0.2, 0) is 13.5 Å². The molecule has 4 heterocycles.